The van der Waals surface area contributed by atoms with Gasteiger partial charge in [-0.1, -0.05) is 144 Å². The van der Waals surface area contributed by atoms with Crippen LogP contribution in [0.4, 0.5) is 0 Å². The van der Waals surface area contributed by atoms with Crippen LogP contribution in [-0.4, -0.2) is 80.6 Å². The second kappa shape index (κ2) is 41.3. The summed E-state index contributed by atoms with van der Waals surface area (Å²) in [5.74, 6) is -1.52. The molecule has 0 aliphatic carbocycles. The molecule has 0 amide bonds. The van der Waals surface area contributed by atoms with Gasteiger partial charge in [0.15, 0.2) is 12.1 Å². The zero-order valence-electron chi connectivity index (χ0n) is 38.2. The number of carboxylic acids is 1. The first-order valence-corrected chi connectivity index (χ1v) is 23.1. The topological polar surface area (TPSA) is 99.1 Å². The van der Waals surface area contributed by atoms with Gasteiger partial charge in [0.1, 0.15) is 6.61 Å². The van der Waals surface area contributed by atoms with E-state index in [0.29, 0.717) is 19.3 Å². The van der Waals surface area contributed by atoms with Crippen LogP contribution in [-0.2, 0) is 28.6 Å². The summed E-state index contributed by atoms with van der Waals surface area (Å²) in [7, 11) is 5.51. The van der Waals surface area contributed by atoms with Gasteiger partial charge >= 0.3 is 17.9 Å². The standard InChI is InChI=1S/C51H85NO7/c1-6-8-10-12-14-16-18-20-21-22-23-24-25-26-27-28-29-30-32-34-36-38-40-42-50(54)59-47(45-57-44-43-48(51(55)56)52(3,4)5)46-58-49(53)41-39-37-35-33-31-19-17-15-13-11-9-7-2/h8,10,14-17,20-21,23-24,26-27,29-30,47-48H,6-7,9,11-13,18-19,22,25,28,31-46H2,1-5H3/p+1/b10-8+,16-14+,17-15+,21-20+,24-23+,27-26+,30-29+. The van der Waals surface area contributed by atoms with Gasteiger partial charge in [0.25, 0.3) is 0 Å². The van der Waals surface area contributed by atoms with E-state index in [1.807, 2.05) is 21.1 Å². The molecule has 0 saturated heterocycles. The smallest absolute Gasteiger partial charge is 0.362 e. The Balaban J connectivity index is 4.38. The molecule has 0 saturated carbocycles. The van der Waals surface area contributed by atoms with Crippen molar-refractivity contribution in [3.63, 3.8) is 0 Å². The molecule has 0 bridgehead atoms. The number of aliphatic carboxylic acids is 1. The van der Waals surface area contributed by atoms with Crippen LogP contribution in [0.1, 0.15) is 168 Å². The summed E-state index contributed by atoms with van der Waals surface area (Å²) in [6.45, 7) is 4.54. The zero-order chi connectivity index (χ0) is 43.5. The van der Waals surface area contributed by atoms with Crippen molar-refractivity contribution in [3.8, 4) is 0 Å². The predicted molar refractivity (Wildman–Crippen MR) is 247 cm³/mol. The van der Waals surface area contributed by atoms with Crippen LogP contribution >= 0.6 is 0 Å². The van der Waals surface area contributed by atoms with E-state index in [0.717, 1.165) is 103 Å². The average Bonchev–Trinajstić information content (AvgIpc) is 3.19. The summed E-state index contributed by atoms with van der Waals surface area (Å²) in [5.41, 5.74) is 0. The molecule has 59 heavy (non-hydrogen) atoms. The van der Waals surface area contributed by atoms with Crippen LogP contribution in [0.5, 0.6) is 0 Å². The Hall–Kier alpha value is -3.49. The van der Waals surface area contributed by atoms with Gasteiger partial charge in [0.2, 0.25) is 0 Å². The van der Waals surface area contributed by atoms with E-state index in [1.54, 1.807) is 0 Å². The number of hydrogen-bond donors (Lipinski definition) is 1. The summed E-state index contributed by atoms with van der Waals surface area (Å²) in [5, 5.41) is 9.62. The Labute approximate surface area is 361 Å². The highest BCUT2D eigenvalue weighted by Gasteiger charge is 2.31. The molecule has 2 unspecified atom stereocenters. The van der Waals surface area contributed by atoms with Crippen molar-refractivity contribution in [2.24, 2.45) is 0 Å². The number of nitrogens with zero attached hydrogens (tertiary/aromatic N) is 1. The number of carboxylic acid groups (broad SMARTS) is 1. The van der Waals surface area contributed by atoms with Crippen LogP contribution in [0.15, 0.2) is 85.1 Å². The van der Waals surface area contributed by atoms with Crippen LogP contribution < -0.4 is 0 Å². The van der Waals surface area contributed by atoms with E-state index in [4.69, 9.17) is 14.2 Å². The average molecular weight is 825 g/mol. The Bertz CT molecular complexity index is 1240. The van der Waals surface area contributed by atoms with Crippen LogP contribution in [0.25, 0.3) is 0 Å². The van der Waals surface area contributed by atoms with E-state index in [1.165, 1.54) is 32.1 Å². The predicted octanol–water partition coefficient (Wildman–Crippen LogP) is 12.9. The van der Waals surface area contributed by atoms with Crippen molar-refractivity contribution in [1.82, 2.24) is 0 Å². The van der Waals surface area contributed by atoms with Crippen LogP contribution in [0.2, 0.25) is 0 Å². The molecular weight excluding hydrogens is 739 g/mol. The second-order valence-electron chi connectivity index (χ2n) is 16.3. The number of hydrogen-bond acceptors (Lipinski definition) is 6. The number of quaternary nitrogens is 1. The minimum atomic E-state index is -0.884. The number of rotatable bonds is 40. The lowest BCUT2D eigenvalue weighted by atomic mass is 10.1. The number of unbranched alkanes of at least 4 members (excludes halogenated alkanes) is 12. The van der Waals surface area contributed by atoms with Crippen molar-refractivity contribution < 1.29 is 38.2 Å². The maximum Gasteiger partial charge on any atom is 0.362 e. The van der Waals surface area contributed by atoms with Gasteiger partial charge in [0.05, 0.1) is 34.4 Å². The maximum absolute atomic E-state index is 12.7. The minimum Gasteiger partial charge on any atom is -0.477 e. The SMILES string of the molecule is CC/C=C/C/C=C/C/C=C/C/C=C/C/C=C/C/C=C/CCCCCCC(=O)OC(COCCC(C(=O)O)[N+](C)(C)C)COC(=O)CCCCCCC/C=C/CCCCC. The van der Waals surface area contributed by atoms with E-state index >= 15 is 0 Å². The van der Waals surface area contributed by atoms with Crippen molar-refractivity contribution in [3.05, 3.63) is 85.1 Å². The minimum absolute atomic E-state index is 0.0432. The van der Waals surface area contributed by atoms with Crippen molar-refractivity contribution in [1.29, 1.82) is 0 Å². The highest BCUT2D eigenvalue weighted by Crippen LogP contribution is 2.13. The molecule has 0 aromatic rings. The largest absolute Gasteiger partial charge is 0.477 e. The molecule has 8 nitrogen and oxygen atoms in total. The summed E-state index contributed by atoms with van der Waals surface area (Å²) in [6.07, 6.45) is 53.4. The third-order valence-corrected chi connectivity index (χ3v) is 9.78. The Kier molecular flexibility index (Phi) is 38.8. The number of likely N-dealkylation sites (N-methyl/N-ethyl adjacent to an activating group) is 1. The third-order valence-electron chi connectivity index (χ3n) is 9.78. The van der Waals surface area contributed by atoms with Crippen LogP contribution in [0.3, 0.4) is 0 Å². The van der Waals surface area contributed by atoms with Crippen molar-refractivity contribution in [2.75, 3.05) is 41.0 Å². The molecule has 0 fully saturated rings. The molecule has 2 atom stereocenters. The molecule has 8 heteroatoms. The van der Waals surface area contributed by atoms with Gasteiger partial charge in [-0.2, -0.15) is 0 Å². The lowest BCUT2D eigenvalue weighted by molar-refractivity contribution is -0.887. The van der Waals surface area contributed by atoms with E-state index in [2.05, 4.69) is 98.9 Å². The number of esters is 2. The number of allylic oxidation sites excluding steroid dienone is 14. The van der Waals surface area contributed by atoms with Gasteiger partial charge in [-0.05, 0) is 89.9 Å². The molecule has 0 aliphatic rings. The molecule has 0 spiro atoms. The summed E-state index contributed by atoms with van der Waals surface area (Å²) < 4.78 is 17.2. The molecule has 0 aromatic heterocycles. The number of carbonyl (C=O) groups is 3. The fraction of sp³-hybridized carbons (Fsp3) is 0.667. The Morgan fingerprint density at radius 2 is 0.949 bits per heavy atom. The van der Waals surface area contributed by atoms with Crippen molar-refractivity contribution in [2.45, 2.75) is 180 Å². The normalized spacial score (nSPS) is 13.7. The maximum atomic E-state index is 12.7. The van der Waals surface area contributed by atoms with Gasteiger partial charge < -0.3 is 23.8 Å². The lowest BCUT2D eigenvalue weighted by Gasteiger charge is -2.31. The van der Waals surface area contributed by atoms with E-state index in [9.17, 15) is 19.5 Å². The van der Waals surface area contributed by atoms with Gasteiger partial charge in [-0.15, -0.1) is 0 Å². The van der Waals surface area contributed by atoms with Gasteiger partial charge in [-0.25, -0.2) is 4.79 Å². The van der Waals surface area contributed by atoms with E-state index in [-0.39, 0.29) is 36.2 Å². The first kappa shape index (κ1) is 55.5. The molecule has 0 aliphatic heterocycles. The van der Waals surface area contributed by atoms with E-state index < -0.39 is 18.1 Å². The molecule has 0 radical (unpaired) electrons. The van der Waals surface area contributed by atoms with Crippen molar-refractivity contribution >= 4 is 17.9 Å². The molecule has 0 rings (SSSR count). The highest BCUT2D eigenvalue weighted by atomic mass is 16.6. The zero-order valence-corrected chi connectivity index (χ0v) is 38.2. The molecule has 1 N–H and O–H groups in total. The number of carbonyl (C=O) groups excluding carboxylic acids is 2. The first-order chi connectivity index (χ1) is 28.6. The number of ether oxygens (including phenoxy) is 3. The summed E-state index contributed by atoms with van der Waals surface area (Å²) >= 11 is 0. The molecular formula is C51H86NO7+. The quantitative estimate of drug-likeness (QED) is 0.0284. The van der Waals surface area contributed by atoms with Crippen LogP contribution in [0, 0.1) is 0 Å². The fourth-order valence-electron chi connectivity index (χ4n) is 6.21. The molecule has 0 heterocycles. The molecule has 0 aromatic carbocycles. The monoisotopic (exact) mass is 825 g/mol. The third kappa shape index (κ3) is 39.7. The highest BCUT2D eigenvalue weighted by molar-refractivity contribution is 5.72. The lowest BCUT2D eigenvalue weighted by Crippen LogP contribution is -2.50. The van der Waals surface area contributed by atoms with Gasteiger partial charge in [-0.3, -0.25) is 9.59 Å². The second-order valence-corrected chi connectivity index (χ2v) is 16.3. The Morgan fingerprint density at radius 3 is 1.42 bits per heavy atom. The Morgan fingerprint density at radius 1 is 0.525 bits per heavy atom. The molecule has 336 valence electrons. The summed E-state index contributed by atoms with van der Waals surface area (Å²) in [6, 6.07) is -0.625. The first-order valence-electron chi connectivity index (χ1n) is 23.1. The van der Waals surface area contributed by atoms with Gasteiger partial charge in [0, 0.05) is 19.3 Å². The fourth-order valence-corrected chi connectivity index (χ4v) is 6.21. The summed E-state index contributed by atoms with van der Waals surface area (Å²) in [4.78, 5) is 37.0.